The van der Waals surface area contributed by atoms with Crippen LogP contribution in [0, 0.1) is 11.3 Å². The van der Waals surface area contributed by atoms with Gasteiger partial charge in [0.15, 0.2) is 11.2 Å². The summed E-state index contributed by atoms with van der Waals surface area (Å²) in [6.45, 7) is 0.137. The summed E-state index contributed by atoms with van der Waals surface area (Å²) < 4.78 is 3.64. The van der Waals surface area contributed by atoms with Gasteiger partial charge in [0.2, 0.25) is 5.28 Å². The van der Waals surface area contributed by atoms with Crippen LogP contribution in [0.5, 0.6) is 0 Å². The number of hydrogen-bond donors (Lipinski definition) is 0. The second-order valence-electron chi connectivity index (χ2n) is 5.02. The molecule has 0 aliphatic heterocycles. The Hall–Kier alpha value is -2.85. The highest BCUT2D eigenvalue weighted by Gasteiger charge is 2.19. The van der Waals surface area contributed by atoms with Crippen LogP contribution < -0.4 is 11.2 Å². The third kappa shape index (κ3) is 2.43. The molecule has 0 spiro atoms. The molecule has 116 valence electrons. The molecule has 0 aliphatic carbocycles. The molecule has 3 rings (SSSR count). The maximum absolute atomic E-state index is 12.5. The highest BCUT2D eigenvalue weighted by Crippen LogP contribution is 2.18. The van der Waals surface area contributed by atoms with Gasteiger partial charge in [-0.2, -0.15) is 10.2 Å². The number of imidazole rings is 1. The molecule has 0 aliphatic rings. The van der Waals surface area contributed by atoms with Gasteiger partial charge in [0, 0.05) is 7.05 Å². The number of rotatable bonds is 3. The zero-order valence-corrected chi connectivity index (χ0v) is 13.0. The Morgan fingerprint density at radius 1 is 1.22 bits per heavy atom. The predicted molar refractivity (Wildman–Crippen MR) is 85.4 cm³/mol. The quantitative estimate of drug-likeness (QED) is 0.674. The summed E-state index contributed by atoms with van der Waals surface area (Å²) in [4.78, 5) is 28.7. The maximum atomic E-state index is 12.5. The zero-order valence-electron chi connectivity index (χ0n) is 12.2. The molecule has 0 radical (unpaired) electrons. The van der Waals surface area contributed by atoms with E-state index in [9.17, 15) is 9.59 Å². The minimum atomic E-state index is -0.593. The first-order chi connectivity index (χ1) is 11.0. The lowest BCUT2D eigenvalue weighted by atomic mass is 10.2. The van der Waals surface area contributed by atoms with Crippen molar-refractivity contribution >= 4 is 22.8 Å². The summed E-state index contributed by atoms with van der Waals surface area (Å²) in [5, 5.41) is 9.01. The minimum absolute atomic E-state index is 0.0956. The topological polar surface area (TPSA) is 85.6 Å². The van der Waals surface area contributed by atoms with E-state index in [1.54, 1.807) is 4.57 Å². The first-order valence-corrected chi connectivity index (χ1v) is 7.19. The Bertz CT molecular complexity index is 1040. The van der Waals surface area contributed by atoms with E-state index < -0.39 is 11.2 Å². The molecule has 0 saturated carbocycles. The summed E-state index contributed by atoms with van der Waals surface area (Å²) >= 11 is 6.17. The number of halogens is 1. The van der Waals surface area contributed by atoms with E-state index in [1.807, 2.05) is 36.4 Å². The van der Waals surface area contributed by atoms with Crippen LogP contribution >= 0.6 is 11.6 Å². The predicted octanol–water partition coefficient (Wildman–Crippen LogP) is 1.12. The number of hydrogen-bond acceptors (Lipinski definition) is 4. The molecule has 0 N–H and O–H groups in total. The largest absolute Gasteiger partial charge is 0.333 e. The van der Waals surface area contributed by atoms with E-state index in [0.717, 1.165) is 14.7 Å². The van der Waals surface area contributed by atoms with Crippen LogP contribution in [-0.4, -0.2) is 18.7 Å². The molecule has 2 aromatic heterocycles. The second-order valence-corrected chi connectivity index (χ2v) is 5.35. The fourth-order valence-electron chi connectivity index (χ4n) is 2.45. The highest BCUT2D eigenvalue weighted by atomic mass is 35.5. The van der Waals surface area contributed by atoms with E-state index in [4.69, 9.17) is 16.9 Å². The van der Waals surface area contributed by atoms with Gasteiger partial charge in [-0.1, -0.05) is 30.3 Å². The van der Waals surface area contributed by atoms with Crippen molar-refractivity contribution in [3.05, 3.63) is 62.0 Å². The fraction of sp³-hybridized carbons (Fsp3) is 0.200. The molecule has 7 nitrogen and oxygen atoms in total. The minimum Gasteiger partial charge on any atom is -0.304 e. The van der Waals surface area contributed by atoms with Crippen molar-refractivity contribution in [2.75, 3.05) is 0 Å². The molecule has 8 heteroatoms. The van der Waals surface area contributed by atoms with Crippen LogP contribution in [0.15, 0.2) is 39.9 Å². The van der Waals surface area contributed by atoms with Gasteiger partial charge < -0.3 is 4.57 Å². The normalized spacial score (nSPS) is 10.8. The monoisotopic (exact) mass is 329 g/mol. The Kier molecular flexibility index (Phi) is 3.76. The smallest absolute Gasteiger partial charge is 0.304 e. The van der Waals surface area contributed by atoms with Crippen LogP contribution in [0.4, 0.5) is 0 Å². The third-order valence-corrected chi connectivity index (χ3v) is 3.88. The number of nitrogens with zero attached hydrogens (tertiary/aromatic N) is 5. The highest BCUT2D eigenvalue weighted by molar-refractivity contribution is 6.29. The second kappa shape index (κ2) is 5.74. The lowest BCUT2D eigenvalue weighted by molar-refractivity contribution is 0.677. The molecule has 0 atom stereocenters. The van der Waals surface area contributed by atoms with Crippen molar-refractivity contribution < 1.29 is 0 Å². The van der Waals surface area contributed by atoms with E-state index in [0.29, 0.717) is 6.54 Å². The summed E-state index contributed by atoms with van der Waals surface area (Å²) in [5.41, 5.74) is 0.185. The van der Waals surface area contributed by atoms with Crippen molar-refractivity contribution in [3.8, 4) is 6.07 Å². The van der Waals surface area contributed by atoms with Gasteiger partial charge in [-0.3, -0.25) is 13.9 Å². The Morgan fingerprint density at radius 2 is 1.91 bits per heavy atom. The average molecular weight is 330 g/mol. The van der Waals surface area contributed by atoms with E-state index >= 15 is 0 Å². The SMILES string of the molecule is Cn1c(=O)c2c(nc(Cl)n2Cc2ccccc2)n(CC#N)c1=O. The molecule has 2 heterocycles. The summed E-state index contributed by atoms with van der Waals surface area (Å²) in [6.07, 6.45) is 0. The number of aromatic nitrogens is 4. The van der Waals surface area contributed by atoms with Gasteiger partial charge >= 0.3 is 5.69 Å². The van der Waals surface area contributed by atoms with Gasteiger partial charge in [-0.15, -0.1) is 0 Å². The van der Waals surface area contributed by atoms with Crippen LogP contribution in [0.2, 0.25) is 5.28 Å². The van der Waals surface area contributed by atoms with Gasteiger partial charge in [-0.25, -0.2) is 4.79 Å². The molecule has 0 amide bonds. The molecule has 23 heavy (non-hydrogen) atoms. The van der Waals surface area contributed by atoms with E-state index in [1.165, 1.54) is 7.05 Å². The Labute approximate surface area is 135 Å². The lowest BCUT2D eigenvalue weighted by Crippen LogP contribution is -2.38. The van der Waals surface area contributed by atoms with Crippen LogP contribution in [0.25, 0.3) is 11.2 Å². The molecule has 3 aromatic rings. The Morgan fingerprint density at radius 3 is 2.57 bits per heavy atom. The fourth-order valence-corrected chi connectivity index (χ4v) is 2.68. The van der Waals surface area contributed by atoms with Crippen molar-refractivity contribution in [3.63, 3.8) is 0 Å². The van der Waals surface area contributed by atoms with Crippen molar-refractivity contribution in [2.45, 2.75) is 13.1 Å². The maximum Gasteiger partial charge on any atom is 0.333 e. The summed E-state index contributed by atoms with van der Waals surface area (Å²) in [7, 11) is 1.37. The molecular formula is C15H12ClN5O2. The van der Waals surface area contributed by atoms with Crippen LogP contribution in [0.3, 0.4) is 0 Å². The van der Waals surface area contributed by atoms with E-state index in [-0.39, 0.29) is 23.0 Å². The standard InChI is InChI=1S/C15H12ClN5O2/c1-19-13(22)11-12(20(8-7-17)15(19)23)18-14(16)21(11)9-10-5-3-2-4-6-10/h2-6H,8-9H2,1H3. The average Bonchev–Trinajstić information content (AvgIpc) is 2.87. The van der Waals surface area contributed by atoms with Crippen molar-refractivity contribution in [1.82, 2.24) is 18.7 Å². The Balaban J connectivity index is 2.33. The number of benzene rings is 1. The lowest BCUT2D eigenvalue weighted by Gasteiger charge is -2.08. The third-order valence-electron chi connectivity index (χ3n) is 3.60. The van der Waals surface area contributed by atoms with Crippen molar-refractivity contribution in [2.24, 2.45) is 7.05 Å². The molecule has 0 unspecified atom stereocenters. The van der Waals surface area contributed by atoms with Gasteiger partial charge in [0.1, 0.15) is 6.54 Å². The molecule has 0 fully saturated rings. The van der Waals surface area contributed by atoms with Crippen molar-refractivity contribution in [1.29, 1.82) is 5.26 Å². The van der Waals surface area contributed by atoms with Gasteiger partial charge in [0.05, 0.1) is 12.6 Å². The first-order valence-electron chi connectivity index (χ1n) is 6.81. The summed E-state index contributed by atoms with van der Waals surface area (Å²) in [6, 6.07) is 11.4. The number of nitriles is 1. The van der Waals surface area contributed by atoms with E-state index in [2.05, 4.69) is 4.98 Å². The molecule has 0 bridgehead atoms. The van der Waals surface area contributed by atoms with Crippen LogP contribution in [0.1, 0.15) is 5.56 Å². The molecule has 0 saturated heterocycles. The zero-order chi connectivity index (χ0) is 16.6. The van der Waals surface area contributed by atoms with Gasteiger partial charge in [-0.05, 0) is 17.2 Å². The summed E-state index contributed by atoms with van der Waals surface area (Å²) in [5.74, 6) is 0. The molecule has 1 aromatic carbocycles. The first kappa shape index (κ1) is 15.1. The van der Waals surface area contributed by atoms with Gasteiger partial charge in [0.25, 0.3) is 5.56 Å². The van der Waals surface area contributed by atoms with Crippen LogP contribution in [-0.2, 0) is 20.1 Å². The molecular weight excluding hydrogens is 318 g/mol. The number of fused-ring (bicyclic) bond motifs is 1.